The summed E-state index contributed by atoms with van der Waals surface area (Å²) in [6, 6.07) is 3.55. The van der Waals surface area contributed by atoms with Crippen LogP contribution in [0.5, 0.6) is 0 Å². The molecule has 1 aliphatic rings. The van der Waals surface area contributed by atoms with Gasteiger partial charge in [0.25, 0.3) is 5.60 Å². The Bertz CT molecular complexity index is 466. The monoisotopic (exact) mass is 364 g/mol. The summed E-state index contributed by atoms with van der Waals surface area (Å²) in [6.45, 7) is 0.727. The van der Waals surface area contributed by atoms with Gasteiger partial charge in [-0.2, -0.15) is 26.3 Å². The van der Waals surface area contributed by atoms with Gasteiger partial charge >= 0.3 is 12.4 Å². The van der Waals surface area contributed by atoms with Crippen molar-refractivity contribution in [3.05, 3.63) is 34.9 Å². The van der Waals surface area contributed by atoms with Gasteiger partial charge in [0, 0.05) is 5.56 Å². The number of ether oxygens (including phenoxy) is 1. The van der Waals surface area contributed by atoms with Crippen LogP contribution in [-0.2, 0) is 16.9 Å². The van der Waals surface area contributed by atoms with E-state index in [1.165, 1.54) is 19.1 Å². The van der Waals surface area contributed by atoms with Crippen LogP contribution in [0.1, 0.15) is 16.7 Å². The topological polar surface area (TPSA) is 9.23 Å². The predicted molar refractivity (Wildman–Crippen MR) is 64.6 cm³/mol. The Labute approximate surface area is 120 Å². The van der Waals surface area contributed by atoms with Crippen LogP contribution in [0.3, 0.4) is 0 Å². The van der Waals surface area contributed by atoms with Gasteiger partial charge in [0.15, 0.2) is 0 Å². The lowest BCUT2D eigenvalue weighted by Crippen LogP contribution is -2.53. The number of benzene rings is 1. The molecule has 0 spiro atoms. The summed E-state index contributed by atoms with van der Waals surface area (Å²) in [4.78, 5) is 0. The van der Waals surface area contributed by atoms with Gasteiger partial charge in [-0.05, 0) is 18.3 Å². The largest absolute Gasteiger partial charge is 0.430 e. The fourth-order valence-corrected chi connectivity index (χ4v) is 2.04. The van der Waals surface area contributed by atoms with Crippen molar-refractivity contribution in [2.24, 2.45) is 0 Å². The maximum Gasteiger partial charge on any atom is 0.430 e. The lowest BCUT2D eigenvalue weighted by atomic mass is 9.90. The highest BCUT2D eigenvalue weighted by Gasteiger charge is 2.75. The molecule has 0 radical (unpaired) electrons. The number of fused-ring (bicyclic) bond motifs is 1. The Hall–Kier alpha value is -0.760. The third-order valence-corrected chi connectivity index (χ3v) is 2.89. The molecule has 1 aromatic carbocycles. The van der Waals surface area contributed by atoms with Crippen LogP contribution in [0.25, 0.3) is 0 Å². The van der Waals surface area contributed by atoms with Crippen molar-refractivity contribution in [3.63, 3.8) is 0 Å². The van der Waals surface area contributed by atoms with Crippen LogP contribution in [0.2, 0.25) is 0 Å². The van der Waals surface area contributed by atoms with Crippen LogP contribution in [0.15, 0.2) is 18.2 Å². The third-order valence-electron chi connectivity index (χ3n) is 2.89. The summed E-state index contributed by atoms with van der Waals surface area (Å²) in [5.41, 5.74) is -4.84. The molecule has 0 unspecified atom stereocenters. The van der Waals surface area contributed by atoms with Crippen LogP contribution in [-0.4, -0.2) is 18.2 Å². The van der Waals surface area contributed by atoms with Gasteiger partial charge in [-0.15, -0.1) is 0 Å². The van der Waals surface area contributed by atoms with Crippen molar-refractivity contribution in [3.8, 4) is 0 Å². The molecule has 114 valence electrons. The Morgan fingerprint density at radius 1 is 1.05 bits per heavy atom. The van der Waals surface area contributed by atoms with Gasteiger partial charge in [-0.3, -0.25) is 0 Å². The maximum absolute atomic E-state index is 12.9. The van der Waals surface area contributed by atoms with Crippen molar-refractivity contribution >= 4 is 15.9 Å². The zero-order chi connectivity index (χ0) is 15.8. The van der Waals surface area contributed by atoms with E-state index in [4.69, 9.17) is 0 Å². The minimum atomic E-state index is -5.55. The summed E-state index contributed by atoms with van der Waals surface area (Å²) in [6.07, 6.45) is -11.1. The Morgan fingerprint density at radius 3 is 2.00 bits per heavy atom. The van der Waals surface area contributed by atoms with Crippen LogP contribution < -0.4 is 0 Å². The minimum absolute atomic E-state index is 0.0877. The van der Waals surface area contributed by atoms with Crippen molar-refractivity contribution in [2.45, 2.75) is 31.5 Å². The zero-order valence-corrected chi connectivity index (χ0v) is 12.1. The highest BCUT2D eigenvalue weighted by Crippen LogP contribution is 2.57. The molecule has 0 fully saturated rings. The van der Waals surface area contributed by atoms with Gasteiger partial charge in [0.1, 0.15) is 0 Å². The molecule has 2 rings (SSSR count). The third kappa shape index (κ3) is 2.55. The molecule has 8 heteroatoms. The molecule has 0 saturated heterocycles. The number of aryl methyl sites for hydroxylation is 1. The smallest absolute Gasteiger partial charge is 0.349 e. The molecule has 1 aromatic rings. The average molecular weight is 365 g/mol. The van der Waals surface area contributed by atoms with Crippen LogP contribution in [0.4, 0.5) is 26.3 Å². The van der Waals surface area contributed by atoms with E-state index < -0.39 is 30.1 Å². The Morgan fingerprint density at radius 2 is 1.55 bits per heavy atom. The summed E-state index contributed by atoms with van der Waals surface area (Å²) in [5, 5.41) is 0. The lowest BCUT2D eigenvalue weighted by molar-refractivity contribution is -0.385. The highest BCUT2D eigenvalue weighted by molar-refractivity contribution is 9.08. The van der Waals surface area contributed by atoms with Crippen molar-refractivity contribution < 1.29 is 31.1 Å². The van der Waals surface area contributed by atoms with E-state index in [1.807, 2.05) is 5.83 Å². The molecule has 0 aromatic heterocycles. The molecule has 20 heavy (non-hydrogen) atoms. The second kappa shape index (κ2) is 5.55. The second-order valence-electron chi connectivity index (χ2n) is 4.13. The van der Waals surface area contributed by atoms with Gasteiger partial charge < -0.3 is 4.74 Å². The molecule has 0 aliphatic carbocycles. The Balaban J connectivity index is 0.000000956. The number of rotatable bonds is 0. The van der Waals surface area contributed by atoms with Crippen LogP contribution >= 0.6 is 15.9 Å². The molecule has 0 saturated carbocycles. The van der Waals surface area contributed by atoms with E-state index in [1.54, 1.807) is 0 Å². The molecule has 1 nitrogen and oxygen atoms in total. The molecule has 0 bridgehead atoms. The summed E-state index contributed by atoms with van der Waals surface area (Å²) in [7, 11) is 0. The first-order valence-electron chi connectivity index (χ1n) is 5.35. The first kappa shape index (κ1) is 17.3. The molecule has 0 amide bonds. The van der Waals surface area contributed by atoms with E-state index >= 15 is 0 Å². The SMILES string of the molecule is CBr.Cc1ccc2c(c1)C(C(F)(F)F)(C(F)(F)F)OC2. The van der Waals surface area contributed by atoms with Gasteiger partial charge in [0.05, 0.1) is 6.61 Å². The molecular formula is C12H11BrF6O. The quantitative estimate of drug-likeness (QED) is 0.472. The summed E-state index contributed by atoms with van der Waals surface area (Å²) >= 11 is 2.94. The fourth-order valence-electron chi connectivity index (χ4n) is 2.04. The van der Waals surface area contributed by atoms with Crippen molar-refractivity contribution in [1.29, 1.82) is 0 Å². The standard InChI is InChI=1S/C11H8F6O.CH3Br/c1-6-2-3-7-5-18-9(8(7)4-6,10(12,13)14)11(15,16)17;1-2/h2-4H,5H2,1H3;1H3. The Kier molecular flexibility index (Phi) is 4.80. The fraction of sp³-hybridized carbons (Fsp3) is 0.500. The van der Waals surface area contributed by atoms with Gasteiger partial charge in [-0.1, -0.05) is 39.7 Å². The van der Waals surface area contributed by atoms with Crippen LogP contribution in [0, 0.1) is 6.92 Å². The average Bonchev–Trinajstić information content (AvgIpc) is 2.70. The minimum Gasteiger partial charge on any atom is -0.349 e. The van der Waals surface area contributed by atoms with E-state index in [-0.39, 0.29) is 5.56 Å². The van der Waals surface area contributed by atoms with E-state index in [0.29, 0.717) is 5.56 Å². The van der Waals surface area contributed by atoms with Gasteiger partial charge in [-0.25, -0.2) is 0 Å². The van der Waals surface area contributed by atoms with Crippen molar-refractivity contribution in [1.82, 2.24) is 0 Å². The number of halogens is 7. The van der Waals surface area contributed by atoms with Crippen molar-refractivity contribution in [2.75, 3.05) is 5.83 Å². The molecule has 1 heterocycles. The summed E-state index contributed by atoms with van der Waals surface area (Å²) in [5.74, 6) is 1.81. The molecule has 0 atom stereocenters. The number of hydrogen-bond acceptors (Lipinski definition) is 1. The maximum atomic E-state index is 12.9. The highest BCUT2D eigenvalue weighted by atomic mass is 79.9. The van der Waals surface area contributed by atoms with E-state index in [9.17, 15) is 26.3 Å². The predicted octanol–water partition coefficient (Wildman–Crippen LogP) is 4.86. The van der Waals surface area contributed by atoms with E-state index in [0.717, 1.165) is 6.07 Å². The zero-order valence-electron chi connectivity index (χ0n) is 10.5. The van der Waals surface area contributed by atoms with Gasteiger partial charge in [0.2, 0.25) is 0 Å². The number of hydrogen-bond donors (Lipinski definition) is 0. The normalized spacial score (nSPS) is 17.2. The first-order valence-corrected chi connectivity index (χ1v) is 6.93. The molecule has 1 aliphatic heterocycles. The second-order valence-corrected chi connectivity index (χ2v) is 4.13. The number of alkyl halides is 7. The first-order chi connectivity index (χ1) is 9.09. The summed E-state index contributed by atoms with van der Waals surface area (Å²) < 4.78 is 81.4. The van der Waals surface area contributed by atoms with E-state index in [2.05, 4.69) is 20.7 Å². The molecular weight excluding hydrogens is 354 g/mol. The lowest BCUT2D eigenvalue weighted by Gasteiger charge is -2.33. The molecule has 0 N–H and O–H groups in total.